The van der Waals surface area contributed by atoms with E-state index in [-0.39, 0.29) is 5.91 Å². The third-order valence-corrected chi connectivity index (χ3v) is 5.64. The Morgan fingerprint density at radius 3 is 2.07 bits per heavy atom. The van der Waals surface area contributed by atoms with E-state index < -0.39 is 0 Å². The lowest BCUT2D eigenvalue weighted by molar-refractivity contribution is -0.119. The lowest BCUT2D eigenvalue weighted by atomic mass is 9.91. The first-order valence-corrected chi connectivity index (χ1v) is 10.3. The average molecular weight is 365 g/mol. The predicted molar refractivity (Wildman–Crippen MR) is 113 cm³/mol. The van der Waals surface area contributed by atoms with Gasteiger partial charge in [-0.05, 0) is 36.5 Å². The fourth-order valence-corrected chi connectivity index (χ4v) is 4.41. The van der Waals surface area contributed by atoms with Crippen LogP contribution in [0, 0.1) is 5.92 Å². The SMILES string of the molecule is CCC(=O)N(c1ccccc1)C1CCN(C(c2ccccc2)C(C)C)CC1. The van der Waals surface area contributed by atoms with Crippen LogP contribution >= 0.6 is 0 Å². The van der Waals surface area contributed by atoms with E-state index in [1.807, 2.05) is 30.0 Å². The first-order chi connectivity index (χ1) is 13.1. The molecular weight excluding hydrogens is 332 g/mol. The van der Waals surface area contributed by atoms with Gasteiger partial charge in [-0.25, -0.2) is 0 Å². The van der Waals surface area contributed by atoms with Gasteiger partial charge in [-0.1, -0.05) is 69.3 Å². The highest BCUT2D eigenvalue weighted by atomic mass is 16.2. The van der Waals surface area contributed by atoms with Gasteiger partial charge in [0, 0.05) is 37.3 Å². The van der Waals surface area contributed by atoms with Gasteiger partial charge in [0.1, 0.15) is 0 Å². The Hall–Kier alpha value is -2.13. The van der Waals surface area contributed by atoms with Crippen LogP contribution in [0.5, 0.6) is 0 Å². The second-order valence-electron chi connectivity index (χ2n) is 7.82. The number of amides is 1. The zero-order valence-electron chi connectivity index (χ0n) is 16.8. The zero-order chi connectivity index (χ0) is 19.2. The van der Waals surface area contributed by atoms with Crippen LogP contribution in [-0.2, 0) is 4.79 Å². The van der Waals surface area contributed by atoms with Crippen molar-refractivity contribution < 1.29 is 4.79 Å². The summed E-state index contributed by atoms with van der Waals surface area (Å²) in [6.07, 6.45) is 2.60. The van der Waals surface area contributed by atoms with Crippen molar-refractivity contribution in [1.82, 2.24) is 4.90 Å². The summed E-state index contributed by atoms with van der Waals surface area (Å²) in [5, 5.41) is 0. The van der Waals surface area contributed by atoms with Crippen LogP contribution in [-0.4, -0.2) is 29.9 Å². The van der Waals surface area contributed by atoms with E-state index in [0.29, 0.717) is 24.4 Å². The number of benzene rings is 2. The molecule has 0 saturated carbocycles. The van der Waals surface area contributed by atoms with Gasteiger partial charge in [-0.2, -0.15) is 0 Å². The maximum absolute atomic E-state index is 12.7. The molecule has 1 heterocycles. The standard InChI is InChI=1S/C24H32N2O/c1-4-23(27)26(21-13-9-6-10-14-21)22-15-17-25(18-16-22)24(19(2)3)20-11-7-5-8-12-20/h5-14,19,22,24H,4,15-18H2,1-3H3. The molecule has 1 amide bonds. The molecule has 1 atom stereocenters. The Labute approximate surface area is 164 Å². The second kappa shape index (κ2) is 9.18. The van der Waals surface area contributed by atoms with Crippen molar-refractivity contribution >= 4 is 11.6 Å². The van der Waals surface area contributed by atoms with Gasteiger partial charge in [0.15, 0.2) is 0 Å². The van der Waals surface area contributed by atoms with Crippen molar-refractivity contribution in [3.63, 3.8) is 0 Å². The van der Waals surface area contributed by atoms with E-state index in [1.165, 1.54) is 5.56 Å². The molecule has 1 unspecified atom stereocenters. The summed E-state index contributed by atoms with van der Waals surface area (Å²) >= 11 is 0. The quantitative estimate of drug-likeness (QED) is 0.695. The topological polar surface area (TPSA) is 23.6 Å². The minimum absolute atomic E-state index is 0.225. The number of carbonyl (C=O) groups excluding carboxylic acids is 1. The molecule has 0 radical (unpaired) electrons. The number of nitrogens with zero attached hydrogens (tertiary/aromatic N) is 2. The molecule has 1 aliphatic heterocycles. The normalized spacial score (nSPS) is 17.0. The molecular formula is C24H32N2O. The molecule has 1 saturated heterocycles. The van der Waals surface area contributed by atoms with E-state index >= 15 is 0 Å². The Kier molecular flexibility index (Phi) is 6.68. The molecule has 1 fully saturated rings. The predicted octanol–water partition coefficient (Wildman–Crippen LogP) is 5.29. The first kappa shape index (κ1) is 19.6. The lowest BCUT2D eigenvalue weighted by Gasteiger charge is -2.43. The van der Waals surface area contributed by atoms with Crippen LogP contribution < -0.4 is 4.90 Å². The van der Waals surface area contributed by atoms with Crippen molar-refractivity contribution in [1.29, 1.82) is 0 Å². The van der Waals surface area contributed by atoms with E-state index in [1.54, 1.807) is 0 Å². The maximum atomic E-state index is 12.7. The largest absolute Gasteiger partial charge is 0.309 e. The molecule has 0 spiro atoms. The van der Waals surface area contributed by atoms with Crippen LogP contribution in [0.3, 0.4) is 0 Å². The number of likely N-dealkylation sites (tertiary alicyclic amines) is 1. The highest BCUT2D eigenvalue weighted by Gasteiger charge is 2.32. The number of anilines is 1. The van der Waals surface area contributed by atoms with Crippen LogP contribution in [0.25, 0.3) is 0 Å². The number of piperidine rings is 1. The molecule has 1 aliphatic rings. The van der Waals surface area contributed by atoms with E-state index in [0.717, 1.165) is 31.6 Å². The van der Waals surface area contributed by atoms with Gasteiger partial charge in [0.25, 0.3) is 0 Å². The summed E-state index contributed by atoms with van der Waals surface area (Å²) in [7, 11) is 0. The Bertz CT molecular complexity index is 706. The third kappa shape index (κ3) is 4.59. The molecule has 0 aromatic heterocycles. The first-order valence-electron chi connectivity index (χ1n) is 10.3. The molecule has 2 aromatic carbocycles. The van der Waals surface area contributed by atoms with Gasteiger partial charge in [0.2, 0.25) is 5.91 Å². The van der Waals surface area contributed by atoms with Crippen LogP contribution in [0.4, 0.5) is 5.69 Å². The van der Waals surface area contributed by atoms with Crippen LogP contribution in [0.15, 0.2) is 60.7 Å². The molecule has 3 rings (SSSR count). The Balaban J connectivity index is 1.74. The van der Waals surface area contributed by atoms with Crippen molar-refractivity contribution in [3.05, 3.63) is 66.2 Å². The average Bonchev–Trinajstić information content (AvgIpc) is 2.71. The third-order valence-electron chi connectivity index (χ3n) is 5.64. The van der Waals surface area contributed by atoms with Gasteiger partial charge in [-0.15, -0.1) is 0 Å². The van der Waals surface area contributed by atoms with Crippen molar-refractivity contribution in [2.24, 2.45) is 5.92 Å². The van der Waals surface area contributed by atoms with E-state index in [4.69, 9.17) is 0 Å². The summed E-state index contributed by atoms with van der Waals surface area (Å²) in [5.41, 5.74) is 2.43. The highest BCUT2D eigenvalue weighted by molar-refractivity contribution is 5.93. The Morgan fingerprint density at radius 1 is 1.00 bits per heavy atom. The van der Waals surface area contributed by atoms with Gasteiger partial charge in [-0.3, -0.25) is 9.69 Å². The summed E-state index contributed by atoms with van der Waals surface area (Å²) in [6, 6.07) is 21.7. The molecule has 144 valence electrons. The van der Waals surface area contributed by atoms with Crippen LogP contribution in [0.1, 0.15) is 51.6 Å². The van der Waals surface area contributed by atoms with Crippen molar-refractivity contribution in [2.45, 2.75) is 52.1 Å². The smallest absolute Gasteiger partial charge is 0.226 e. The molecule has 0 aliphatic carbocycles. The van der Waals surface area contributed by atoms with Gasteiger partial charge in [0.05, 0.1) is 0 Å². The molecule has 0 N–H and O–H groups in total. The molecule has 0 bridgehead atoms. The van der Waals surface area contributed by atoms with Crippen molar-refractivity contribution in [3.8, 4) is 0 Å². The zero-order valence-corrected chi connectivity index (χ0v) is 16.8. The molecule has 3 heteroatoms. The summed E-state index contributed by atoms with van der Waals surface area (Å²) in [4.78, 5) is 17.3. The van der Waals surface area contributed by atoms with E-state index in [2.05, 4.69) is 61.2 Å². The Morgan fingerprint density at radius 2 is 1.56 bits per heavy atom. The number of carbonyl (C=O) groups is 1. The minimum atomic E-state index is 0.225. The lowest BCUT2D eigenvalue weighted by Crippen LogP contribution is -2.48. The number of para-hydroxylation sites is 1. The molecule has 27 heavy (non-hydrogen) atoms. The summed E-state index contributed by atoms with van der Waals surface area (Å²) < 4.78 is 0. The fraction of sp³-hybridized carbons (Fsp3) is 0.458. The molecule has 3 nitrogen and oxygen atoms in total. The monoisotopic (exact) mass is 364 g/mol. The van der Waals surface area contributed by atoms with Gasteiger partial charge < -0.3 is 4.90 Å². The number of hydrogen-bond acceptors (Lipinski definition) is 2. The van der Waals surface area contributed by atoms with Gasteiger partial charge >= 0.3 is 0 Å². The van der Waals surface area contributed by atoms with Crippen molar-refractivity contribution in [2.75, 3.05) is 18.0 Å². The molecule has 2 aromatic rings. The maximum Gasteiger partial charge on any atom is 0.226 e. The van der Waals surface area contributed by atoms with E-state index in [9.17, 15) is 4.79 Å². The number of hydrogen-bond donors (Lipinski definition) is 0. The summed E-state index contributed by atoms with van der Waals surface area (Å²) in [6.45, 7) is 8.63. The highest BCUT2D eigenvalue weighted by Crippen LogP contribution is 2.33. The second-order valence-corrected chi connectivity index (χ2v) is 7.82. The fourth-order valence-electron chi connectivity index (χ4n) is 4.41. The van der Waals surface area contributed by atoms with Crippen LogP contribution in [0.2, 0.25) is 0 Å². The summed E-state index contributed by atoms with van der Waals surface area (Å²) in [5.74, 6) is 0.787. The number of rotatable bonds is 6. The minimum Gasteiger partial charge on any atom is -0.309 e.